The SMILES string of the molecule is CN(Cc1cccc(F)c1F)CC1CCCCO1. The summed E-state index contributed by atoms with van der Waals surface area (Å²) < 4.78 is 32.2. The second-order valence-electron chi connectivity index (χ2n) is 4.90. The molecule has 1 aliphatic heterocycles. The van der Waals surface area contributed by atoms with Gasteiger partial charge in [-0.3, -0.25) is 4.90 Å². The molecule has 1 atom stereocenters. The van der Waals surface area contributed by atoms with E-state index in [9.17, 15) is 8.78 Å². The molecule has 0 radical (unpaired) electrons. The van der Waals surface area contributed by atoms with Gasteiger partial charge in [-0.2, -0.15) is 0 Å². The van der Waals surface area contributed by atoms with Gasteiger partial charge in [-0.05, 0) is 32.4 Å². The molecule has 1 fully saturated rings. The predicted octanol–water partition coefficient (Wildman–Crippen LogP) is 2.97. The molecule has 0 bridgehead atoms. The molecule has 0 N–H and O–H groups in total. The molecule has 1 aliphatic rings. The van der Waals surface area contributed by atoms with Crippen molar-refractivity contribution in [3.05, 3.63) is 35.4 Å². The summed E-state index contributed by atoms with van der Waals surface area (Å²) in [5, 5.41) is 0. The van der Waals surface area contributed by atoms with Crippen molar-refractivity contribution in [3.63, 3.8) is 0 Å². The zero-order chi connectivity index (χ0) is 13.0. The molecule has 1 saturated heterocycles. The summed E-state index contributed by atoms with van der Waals surface area (Å²) in [7, 11) is 1.91. The van der Waals surface area contributed by atoms with Gasteiger partial charge in [-0.1, -0.05) is 12.1 Å². The van der Waals surface area contributed by atoms with E-state index in [-0.39, 0.29) is 6.10 Å². The number of rotatable bonds is 4. The maximum absolute atomic E-state index is 13.5. The molecule has 4 heteroatoms. The van der Waals surface area contributed by atoms with Gasteiger partial charge < -0.3 is 4.74 Å². The molecular weight excluding hydrogens is 236 g/mol. The Morgan fingerprint density at radius 2 is 2.17 bits per heavy atom. The molecular formula is C14H19F2NO. The van der Waals surface area contributed by atoms with Gasteiger partial charge >= 0.3 is 0 Å². The van der Waals surface area contributed by atoms with Crippen LogP contribution in [-0.4, -0.2) is 31.2 Å². The van der Waals surface area contributed by atoms with Gasteiger partial charge in [0.25, 0.3) is 0 Å². The van der Waals surface area contributed by atoms with E-state index >= 15 is 0 Å². The van der Waals surface area contributed by atoms with Crippen molar-refractivity contribution >= 4 is 0 Å². The first kappa shape index (κ1) is 13.4. The fourth-order valence-electron chi connectivity index (χ4n) is 2.32. The number of hydrogen-bond acceptors (Lipinski definition) is 2. The first-order chi connectivity index (χ1) is 8.66. The van der Waals surface area contributed by atoms with Gasteiger partial charge in [0, 0.05) is 25.3 Å². The Hall–Kier alpha value is -1.00. The van der Waals surface area contributed by atoms with Gasteiger partial charge in [0.05, 0.1) is 6.10 Å². The van der Waals surface area contributed by atoms with Crippen LogP contribution in [0.2, 0.25) is 0 Å². The van der Waals surface area contributed by atoms with Crippen LogP contribution in [0, 0.1) is 11.6 Å². The van der Waals surface area contributed by atoms with Gasteiger partial charge in [-0.15, -0.1) is 0 Å². The number of likely N-dealkylation sites (N-methyl/N-ethyl adjacent to an activating group) is 1. The second kappa shape index (κ2) is 6.25. The standard InChI is InChI=1S/C14H19F2NO/c1-17(10-12-6-2-3-8-18-12)9-11-5-4-7-13(15)14(11)16/h4-5,7,12H,2-3,6,8-10H2,1H3. The minimum atomic E-state index is -0.783. The van der Waals surface area contributed by atoms with E-state index in [4.69, 9.17) is 4.74 Å². The number of ether oxygens (including phenoxy) is 1. The zero-order valence-corrected chi connectivity index (χ0v) is 10.7. The van der Waals surface area contributed by atoms with Crippen molar-refractivity contribution < 1.29 is 13.5 Å². The summed E-state index contributed by atoms with van der Waals surface area (Å²) in [5.41, 5.74) is 0.397. The lowest BCUT2D eigenvalue weighted by Crippen LogP contribution is -2.33. The van der Waals surface area contributed by atoms with Crippen molar-refractivity contribution in [3.8, 4) is 0 Å². The highest BCUT2D eigenvalue weighted by Gasteiger charge is 2.17. The quantitative estimate of drug-likeness (QED) is 0.820. The number of halogens is 2. The third-order valence-electron chi connectivity index (χ3n) is 3.26. The smallest absolute Gasteiger partial charge is 0.163 e. The zero-order valence-electron chi connectivity index (χ0n) is 10.7. The van der Waals surface area contributed by atoms with E-state index in [1.165, 1.54) is 6.42 Å². The summed E-state index contributed by atoms with van der Waals surface area (Å²) in [6, 6.07) is 4.30. The normalized spacial score (nSPS) is 20.3. The van der Waals surface area contributed by atoms with E-state index in [2.05, 4.69) is 0 Å². The maximum atomic E-state index is 13.5. The van der Waals surface area contributed by atoms with Crippen LogP contribution in [0.1, 0.15) is 24.8 Å². The highest BCUT2D eigenvalue weighted by atomic mass is 19.2. The lowest BCUT2D eigenvalue weighted by molar-refractivity contribution is -0.00274. The molecule has 0 amide bonds. The fourth-order valence-corrected chi connectivity index (χ4v) is 2.32. The van der Waals surface area contributed by atoms with Crippen molar-refractivity contribution in [1.29, 1.82) is 0 Å². The van der Waals surface area contributed by atoms with Crippen LogP contribution in [0.4, 0.5) is 8.78 Å². The van der Waals surface area contributed by atoms with Crippen LogP contribution < -0.4 is 0 Å². The molecule has 0 saturated carbocycles. The third-order valence-corrected chi connectivity index (χ3v) is 3.26. The summed E-state index contributed by atoms with van der Waals surface area (Å²) in [4.78, 5) is 1.98. The van der Waals surface area contributed by atoms with Crippen LogP contribution in [0.25, 0.3) is 0 Å². The summed E-state index contributed by atoms with van der Waals surface area (Å²) in [5.74, 6) is -1.52. The van der Waals surface area contributed by atoms with E-state index in [0.717, 1.165) is 32.1 Å². The van der Waals surface area contributed by atoms with Crippen molar-refractivity contribution in [2.75, 3.05) is 20.2 Å². The average Bonchev–Trinajstić information content (AvgIpc) is 2.36. The van der Waals surface area contributed by atoms with Crippen molar-refractivity contribution in [2.24, 2.45) is 0 Å². The Balaban J connectivity index is 1.90. The average molecular weight is 255 g/mol. The molecule has 18 heavy (non-hydrogen) atoms. The lowest BCUT2D eigenvalue weighted by atomic mass is 10.1. The van der Waals surface area contributed by atoms with Crippen LogP contribution in [0.3, 0.4) is 0 Å². The monoisotopic (exact) mass is 255 g/mol. The Kier molecular flexibility index (Phi) is 4.66. The summed E-state index contributed by atoms with van der Waals surface area (Å²) >= 11 is 0. The molecule has 1 aromatic carbocycles. The van der Waals surface area contributed by atoms with Gasteiger partial charge in [0.15, 0.2) is 11.6 Å². The first-order valence-corrected chi connectivity index (χ1v) is 6.40. The third kappa shape index (κ3) is 3.50. The van der Waals surface area contributed by atoms with Gasteiger partial charge in [-0.25, -0.2) is 8.78 Å². The topological polar surface area (TPSA) is 12.5 Å². The van der Waals surface area contributed by atoms with E-state index in [0.29, 0.717) is 12.1 Å². The Labute approximate surface area is 107 Å². The van der Waals surface area contributed by atoms with Crippen LogP contribution in [-0.2, 0) is 11.3 Å². The minimum Gasteiger partial charge on any atom is -0.377 e. The van der Waals surface area contributed by atoms with Crippen molar-refractivity contribution in [1.82, 2.24) is 4.90 Å². The lowest BCUT2D eigenvalue weighted by Gasteiger charge is -2.27. The minimum absolute atomic E-state index is 0.223. The number of hydrogen-bond donors (Lipinski definition) is 0. The van der Waals surface area contributed by atoms with E-state index < -0.39 is 11.6 Å². The molecule has 0 aliphatic carbocycles. The van der Waals surface area contributed by atoms with Gasteiger partial charge in [0.1, 0.15) is 0 Å². The summed E-state index contributed by atoms with van der Waals surface area (Å²) in [6.07, 6.45) is 3.59. The molecule has 0 spiro atoms. The predicted molar refractivity (Wildman–Crippen MR) is 66.3 cm³/mol. The molecule has 2 rings (SSSR count). The van der Waals surface area contributed by atoms with E-state index in [1.807, 2.05) is 11.9 Å². The molecule has 0 aromatic heterocycles. The maximum Gasteiger partial charge on any atom is 0.163 e. The van der Waals surface area contributed by atoms with Crippen molar-refractivity contribution in [2.45, 2.75) is 31.9 Å². The molecule has 2 nitrogen and oxygen atoms in total. The Morgan fingerprint density at radius 3 is 2.89 bits per heavy atom. The summed E-state index contributed by atoms with van der Waals surface area (Å²) in [6.45, 7) is 1.98. The number of nitrogens with zero attached hydrogens (tertiary/aromatic N) is 1. The van der Waals surface area contributed by atoms with Crippen LogP contribution in [0.5, 0.6) is 0 Å². The fraction of sp³-hybridized carbons (Fsp3) is 0.571. The van der Waals surface area contributed by atoms with Crippen LogP contribution >= 0.6 is 0 Å². The number of benzene rings is 1. The Bertz CT molecular complexity index is 391. The van der Waals surface area contributed by atoms with E-state index in [1.54, 1.807) is 12.1 Å². The molecule has 1 aromatic rings. The molecule has 1 unspecified atom stereocenters. The first-order valence-electron chi connectivity index (χ1n) is 6.40. The second-order valence-corrected chi connectivity index (χ2v) is 4.90. The molecule has 1 heterocycles. The Morgan fingerprint density at radius 1 is 1.33 bits per heavy atom. The highest BCUT2D eigenvalue weighted by Crippen LogP contribution is 2.16. The highest BCUT2D eigenvalue weighted by molar-refractivity contribution is 5.18. The van der Waals surface area contributed by atoms with Crippen LogP contribution in [0.15, 0.2) is 18.2 Å². The van der Waals surface area contributed by atoms with Gasteiger partial charge in [0.2, 0.25) is 0 Å². The largest absolute Gasteiger partial charge is 0.377 e. The molecule has 100 valence electrons.